The highest BCUT2D eigenvalue weighted by atomic mass is 28.4. The second-order valence-electron chi connectivity index (χ2n) is 10.5. The molecule has 0 spiro atoms. The molecule has 0 amide bonds. The van der Waals surface area contributed by atoms with Gasteiger partial charge in [0.25, 0.3) is 0 Å². The lowest BCUT2D eigenvalue weighted by Crippen LogP contribution is -2.43. The quantitative estimate of drug-likeness (QED) is 0.246. The third-order valence-electron chi connectivity index (χ3n) is 7.07. The first-order valence-electron chi connectivity index (χ1n) is 11.8. The van der Waals surface area contributed by atoms with Crippen LogP contribution < -0.4 is 0 Å². The number of methoxy groups -OCH3 is 1. The number of fused-ring (bicyclic) bond motifs is 1. The molecule has 0 fully saturated rings. The number of esters is 1. The van der Waals surface area contributed by atoms with Crippen LogP contribution in [0.25, 0.3) is 6.08 Å². The van der Waals surface area contributed by atoms with E-state index in [1.54, 1.807) is 0 Å². The molecule has 1 unspecified atom stereocenters. The number of ether oxygens (including phenoxy) is 1. The van der Waals surface area contributed by atoms with Gasteiger partial charge in [-0.2, -0.15) is 0 Å². The predicted molar refractivity (Wildman–Crippen MR) is 136 cm³/mol. The predicted octanol–water partition coefficient (Wildman–Crippen LogP) is 6.29. The SMILES string of the molecule is COC(=O)C=Cc1ccc2c(c1)CCC2N(CCO[Si](C)(C)C(C)(C)C)Cc1ccc(C)o1. The van der Waals surface area contributed by atoms with E-state index >= 15 is 0 Å². The van der Waals surface area contributed by atoms with Crippen LogP contribution in [-0.4, -0.2) is 39.4 Å². The minimum absolute atomic E-state index is 0.198. The van der Waals surface area contributed by atoms with E-state index in [2.05, 4.69) is 63.0 Å². The Balaban J connectivity index is 1.77. The van der Waals surface area contributed by atoms with Crippen molar-refractivity contribution >= 4 is 20.4 Å². The van der Waals surface area contributed by atoms with Gasteiger partial charge in [0.2, 0.25) is 0 Å². The van der Waals surface area contributed by atoms with Crippen LogP contribution in [0.2, 0.25) is 18.1 Å². The Labute approximate surface area is 199 Å². The van der Waals surface area contributed by atoms with Crippen molar-refractivity contribution in [1.82, 2.24) is 4.90 Å². The molecule has 2 aromatic rings. The summed E-state index contributed by atoms with van der Waals surface area (Å²) in [5.74, 6) is 1.59. The van der Waals surface area contributed by atoms with E-state index < -0.39 is 8.32 Å². The van der Waals surface area contributed by atoms with Gasteiger partial charge in [-0.05, 0) is 72.8 Å². The van der Waals surface area contributed by atoms with Crippen LogP contribution in [0.15, 0.2) is 40.8 Å². The van der Waals surface area contributed by atoms with Gasteiger partial charge in [-0.3, -0.25) is 4.90 Å². The lowest BCUT2D eigenvalue weighted by Gasteiger charge is -2.37. The standard InChI is InChI=1S/C27H39NO4Si/c1-20-8-12-23(32-20)19-28(16-17-31-33(6,7)27(2,3)4)25-14-11-22-18-21(9-13-24(22)25)10-15-26(29)30-5/h8-10,12-13,15,18,25H,11,14,16-17,19H2,1-7H3. The first kappa shape index (κ1) is 25.5. The molecule has 0 saturated carbocycles. The molecule has 5 nitrogen and oxygen atoms in total. The minimum atomic E-state index is -1.80. The number of benzene rings is 1. The van der Waals surface area contributed by atoms with E-state index in [-0.39, 0.29) is 11.0 Å². The van der Waals surface area contributed by atoms with Gasteiger partial charge in [0.15, 0.2) is 8.32 Å². The fourth-order valence-electron chi connectivity index (χ4n) is 4.08. The summed E-state index contributed by atoms with van der Waals surface area (Å²) in [4.78, 5) is 13.9. The highest BCUT2D eigenvalue weighted by molar-refractivity contribution is 6.74. The second kappa shape index (κ2) is 10.4. The van der Waals surface area contributed by atoms with Gasteiger partial charge in [0.05, 0.1) is 13.7 Å². The maximum atomic E-state index is 11.4. The van der Waals surface area contributed by atoms with E-state index in [0.29, 0.717) is 6.04 Å². The lowest BCUT2D eigenvalue weighted by atomic mass is 10.0. The van der Waals surface area contributed by atoms with E-state index in [0.717, 1.165) is 49.6 Å². The van der Waals surface area contributed by atoms with Gasteiger partial charge in [-0.25, -0.2) is 4.79 Å². The largest absolute Gasteiger partial charge is 0.466 e. The molecule has 1 aromatic heterocycles. The monoisotopic (exact) mass is 469 g/mol. The summed E-state index contributed by atoms with van der Waals surface area (Å²) in [5, 5.41) is 0.198. The van der Waals surface area contributed by atoms with E-state index in [1.807, 2.05) is 19.1 Å². The Bertz CT molecular complexity index is 986. The van der Waals surface area contributed by atoms with Crippen LogP contribution in [0.4, 0.5) is 0 Å². The highest BCUT2D eigenvalue weighted by Crippen LogP contribution is 2.39. The number of carbonyl (C=O) groups excluding carboxylic acids is 1. The summed E-state index contributed by atoms with van der Waals surface area (Å²) in [5.41, 5.74) is 3.73. The van der Waals surface area contributed by atoms with E-state index in [1.165, 1.54) is 24.3 Å². The molecule has 0 N–H and O–H groups in total. The Morgan fingerprint density at radius 2 is 2.00 bits per heavy atom. The lowest BCUT2D eigenvalue weighted by molar-refractivity contribution is -0.134. The Morgan fingerprint density at radius 3 is 2.64 bits per heavy atom. The maximum Gasteiger partial charge on any atom is 0.330 e. The molecule has 0 bridgehead atoms. The zero-order valence-electron chi connectivity index (χ0n) is 21.2. The zero-order valence-corrected chi connectivity index (χ0v) is 22.2. The smallest absolute Gasteiger partial charge is 0.330 e. The first-order valence-corrected chi connectivity index (χ1v) is 14.7. The average molecular weight is 470 g/mol. The minimum Gasteiger partial charge on any atom is -0.466 e. The van der Waals surface area contributed by atoms with Crippen molar-refractivity contribution in [2.45, 2.75) is 71.3 Å². The number of carbonyl (C=O) groups is 1. The van der Waals surface area contributed by atoms with Crippen LogP contribution in [0, 0.1) is 6.92 Å². The highest BCUT2D eigenvalue weighted by Gasteiger charge is 2.37. The summed E-state index contributed by atoms with van der Waals surface area (Å²) in [6.07, 6.45) is 5.38. The summed E-state index contributed by atoms with van der Waals surface area (Å²) in [6.45, 7) is 15.8. The number of hydrogen-bond acceptors (Lipinski definition) is 5. The van der Waals surface area contributed by atoms with Gasteiger partial charge in [-0.15, -0.1) is 0 Å². The fraction of sp³-hybridized carbons (Fsp3) is 0.519. The van der Waals surface area contributed by atoms with E-state index in [4.69, 9.17) is 13.6 Å². The van der Waals surface area contributed by atoms with Crippen molar-refractivity contribution in [3.8, 4) is 0 Å². The molecule has 3 rings (SSSR count). The molecule has 1 aliphatic carbocycles. The molecular formula is C27H39NO4Si. The first-order chi connectivity index (χ1) is 15.5. The Hall–Kier alpha value is -2.15. The summed E-state index contributed by atoms with van der Waals surface area (Å²) in [6, 6.07) is 10.9. The number of aryl methyl sites for hydroxylation is 2. The van der Waals surface area contributed by atoms with Gasteiger partial charge >= 0.3 is 5.97 Å². The molecule has 1 aromatic carbocycles. The third kappa shape index (κ3) is 6.46. The van der Waals surface area contributed by atoms with Gasteiger partial charge in [0, 0.05) is 25.3 Å². The molecule has 0 saturated heterocycles. The van der Waals surface area contributed by atoms with Crippen LogP contribution in [0.1, 0.15) is 61.4 Å². The molecule has 6 heteroatoms. The number of rotatable bonds is 9. The van der Waals surface area contributed by atoms with Crippen molar-refractivity contribution in [3.05, 3.63) is 64.6 Å². The average Bonchev–Trinajstić information content (AvgIpc) is 3.35. The van der Waals surface area contributed by atoms with Gasteiger partial charge in [0.1, 0.15) is 11.5 Å². The summed E-state index contributed by atoms with van der Waals surface area (Å²) >= 11 is 0. The molecule has 180 valence electrons. The molecule has 1 heterocycles. The van der Waals surface area contributed by atoms with Crippen molar-refractivity contribution in [1.29, 1.82) is 0 Å². The van der Waals surface area contributed by atoms with Crippen LogP contribution in [-0.2, 0) is 26.9 Å². The normalized spacial score (nSPS) is 16.5. The molecule has 0 aliphatic heterocycles. The molecular weight excluding hydrogens is 430 g/mol. The van der Waals surface area contributed by atoms with Crippen LogP contribution in [0.3, 0.4) is 0 Å². The van der Waals surface area contributed by atoms with Crippen molar-refractivity contribution in [2.75, 3.05) is 20.3 Å². The Kier molecular flexibility index (Phi) is 8.03. The molecule has 1 atom stereocenters. The van der Waals surface area contributed by atoms with Gasteiger partial charge < -0.3 is 13.6 Å². The topological polar surface area (TPSA) is 51.9 Å². The van der Waals surface area contributed by atoms with Gasteiger partial charge in [-0.1, -0.05) is 39.0 Å². The van der Waals surface area contributed by atoms with Crippen molar-refractivity contribution in [2.24, 2.45) is 0 Å². The fourth-order valence-corrected chi connectivity index (χ4v) is 5.11. The zero-order chi connectivity index (χ0) is 24.2. The number of hydrogen-bond donors (Lipinski definition) is 0. The van der Waals surface area contributed by atoms with E-state index in [9.17, 15) is 4.79 Å². The number of furan rings is 1. The van der Waals surface area contributed by atoms with Crippen LogP contribution >= 0.6 is 0 Å². The number of nitrogens with zero attached hydrogens (tertiary/aromatic N) is 1. The van der Waals surface area contributed by atoms with Crippen molar-refractivity contribution in [3.63, 3.8) is 0 Å². The van der Waals surface area contributed by atoms with Crippen LogP contribution in [0.5, 0.6) is 0 Å². The third-order valence-corrected chi connectivity index (χ3v) is 11.6. The van der Waals surface area contributed by atoms with Crippen molar-refractivity contribution < 1.29 is 18.4 Å². The molecule has 1 aliphatic rings. The molecule has 33 heavy (non-hydrogen) atoms. The maximum absolute atomic E-state index is 11.4. The summed E-state index contributed by atoms with van der Waals surface area (Å²) < 4.78 is 17.1. The second-order valence-corrected chi connectivity index (χ2v) is 15.3. The molecule has 0 radical (unpaired) electrons. The Morgan fingerprint density at radius 1 is 1.24 bits per heavy atom. The summed E-state index contributed by atoms with van der Waals surface area (Å²) in [7, 11) is -0.403.